The highest BCUT2D eigenvalue weighted by molar-refractivity contribution is 7.99. The Balaban J connectivity index is 1.43. The number of ether oxygens (including phenoxy) is 1. The fraction of sp³-hybridized carbons (Fsp3) is 0.0435. The average Bonchev–Trinajstić information content (AvgIpc) is 3.25. The molecule has 156 valence electrons. The lowest BCUT2D eigenvalue weighted by Gasteiger charge is -2.10. The van der Waals surface area contributed by atoms with E-state index in [0.29, 0.717) is 15.8 Å². The third-order valence-electron chi connectivity index (χ3n) is 4.24. The number of halogens is 2. The zero-order valence-electron chi connectivity index (χ0n) is 16.2. The van der Waals surface area contributed by atoms with Crippen LogP contribution in [0.15, 0.2) is 94.9 Å². The summed E-state index contributed by atoms with van der Waals surface area (Å²) in [7, 11) is 0. The highest BCUT2D eigenvalue weighted by Gasteiger charge is 2.13. The molecule has 1 aromatic heterocycles. The number of anilines is 1. The van der Waals surface area contributed by atoms with Gasteiger partial charge in [0.25, 0.3) is 5.91 Å². The van der Waals surface area contributed by atoms with Gasteiger partial charge in [-0.25, -0.2) is 4.68 Å². The summed E-state index contributed by atoms with van der Waals surface area (Å²) in [5, 5.41) is 8.03. The highest BCUT2D eigenvalue weighted by atomic mass is 35.5. The lowest BCUT2D eigenvalue weighted by molar-refractivity contribution is 0.102. The van der Waals surface area contributed by atoms with E-state index >= 15 is 0 Å². The normalized spacial score (nSPS) is 10.6. The van der Waals surface area contributed by atoms with Crippen LogP contribution in [-0.4, -0.2) is 15.7 Å². The Kier molecular flexibility index (Phi) is 6.82. The second kappa shape index (κ2) is 9.92. The number of hydrogen-bond donors (Lipinski definition) is 1. The number of rotatable bonds is 7. The number of benzene rings is 3. The molecule has 8 heteroatoms. The van der Waals surface area contributed by atoms with Gasteiger partial charge in [-0.15, -0.1) is 0 Å². The van der Waals surface area contributed by atoms with Gasteiger partial charge in [-0.05, 0) is 42.5 Å². The molecule has 0 saturated heterocycles. The van der Waals surface area contributed by atoms with Crippen LogP contribution in [0.5, 0.6) is 5.75 Å². The Morgan fingerprint density at radius 1 is 0.935 bits per heavy atom. The van der Waals surface area contributed by atoms with Crippen LogP contribution in [0.4, 0.5) is 5.69 Å². The van der Waals surface area contributed by atoms with Crippen LogP contribution >= 0.6 is 35.0 Å². The highest BCUT2D eigenvalue weighted by Crippen LogP contribution is 2.34. The van der Waals surface area contributed by atoms with Crippen LogP contribution in [0, 0.1) is 0 Å². The first-order valence-electron chi connectivity index (χ1n) is 9.34. The second-order valence-electron chi connectivity index (χ2n) is 6.43. The van der Waals surface area contributed by atoms with E-state index in [0.717, 1.165) is 15.5 Å². The number of amides is 1. The van der Waals surface area contributed by atoms with E-state index in [2.05, 4.69) is 10.4 Å². The standard InChI is InChI=1S/C23H17Cl2N3O2S/c24-17-9-6-10-18(25)22(17)30-15-28-14-13-20(27-28)23(29)26-19-11-4-5-12-21(19)31-16-7-2-1-3-8-16/h1-14H,15H2,(H,26,29). The molecule has 0 bridgehead atoms. The predicted octanol–water partition coefficient (Wildman–Crippen LogP) is 6.63. The molecule has 0 saturated carbocycles. The van der Waals surface area contributed by atoms with Crippen molar-refractivity contribution in [1.82, 2.24) is 9.78 Å². The maximum atomic E-state index is 12.7. The molecular formula is C23H17Cl2N3O2S. The zero-order chi connectivity index (χ0) is 21.6. The molecule has 3 aromatic carbocycles. The molecule has 0 aliphatic carbocycles. The van der Waals surface area contributed by atoms with Gasteiger partial charge in [-0.2, -0.15) is 5.10 Å². The van der Waals surface area contributed by atoms with Crippen molar-refractivity contribution in [1.29, 1.82) is 0 Å². The molecule has 1 N–H and O–H groups in total. The SMILES string of the molecule is O=C(Nc1ccccc1Sc1ccccc1)c1ccn(COc2c(Cl)cccc2Cl)n1. The number of nitrogens with one attached hydrogen (secondary N) is 1. The van der Waals surface area contributed by atoms with E-state index in [1.54, 1.807) is 42.2 Å². The van der Waals surface area contributed by atoms with E-state index < -0.39 is 0 Å². The van der Waals surface area contributed by atoms with Gasteiger partial charge in [0.15, 0.2) is 18.2 Å². The summed E-state index contributed by atoms with van der Waals surface area (Å²) >= 11 is 13.8. The van der Waals surface area contributed by atoms with Crippen LogP contribution in [0.2, 0.25) is 10.0 Å². The van der Waals surface area contributed by atoms with Crippen molar-refractivity contribution in [3.05, 3.63) is 101 Å². The number of hydrogen-bond acceptors (Lipinski definition) is 4. The lowest BCUT2D eigenvalue weighted by atomic mass is 10.3. The molecule has 1 amide bonds. The van der Waals surface area contributed by atoms with Crippen LogP contribution in [0.3, 0.4) is 0 Å². The van der Waals surface area contributed by atoms with E-state index in [-0.39, 0.29) is 18.3 Å². The van der Waals surface area contributed by atoms with E-state index in [1.165, 1.54) is 4.68 Å². The molecule has 1 heterocycles. The summed E-state index contributed by atoms with van der Waals surface area (Å²) in [6.07, 6.45) is 1.66. The summed E-state index contributed by atoms with van der Waals surface area (Å²) in [6, 6.07) is 24.4. The van der Waals surface area contributed by atoms with Gasteiger partial charge < -0.3 is 10.1 Å². The van der Waals surface area contributed by atoms with E-state index in [9.17, 15) is 4.79 Å². The van der Waals surface area contributed by atoms with Crippen molar-refractivity contribution in [3.8, 4) is 5.75 Å². The largest absolute Gasteiger partial charge is 0.468 e. The van der Waals surface area contributed by atoms with Gasteiger partial charge in [0, 0.05) is 16.0 Å². The Morgan fingerprint density at radius 3 is 2.42 bits per heavy atom. The van der Waals surface area contributed by atoms with Crippen molar-refractivity contribution in [3.63, 3.8) is 0 Å². The fourth-order valence-corrected chi connectivity index (χ4v) is 4.20. The molecule has 0 aliphatic rings. The fourth-order valence-electron chi connectivity index (χ4n) is 2.77. The van der Waals surface area contributed by atoms with Crippen LogP contribution in [-0.2, 0) is 6.73 Å². The van der Waals surface area contributed by atoms with E-state index in [1.807, 2.05) is 54.6 Å². The predicted molar refractivity (Wildman–Crippen MR) is 124 cm³/mol. The number of aromatic nitrogens is 2. The van der Waals surface area contributed by atoms with Crippen molar-refractivity contribution >= 4 is 46.6 Å². The van der Waals surface area contributed by atoms with Gasteiger partial charge in [0.1, 0.15) is 0 Å². The van der Waals surface area contributed by atoms with Gasteiger partial charge in [-0.1, -0.05) is 71.4 Å². The first-order valence-corrected chi connectivity index (χ1v) is 10.9. The van der Waals surface area contributed by atoms with Crippen molar-refractivity contribution in [2.24, 2.45) is 0 Å². The monoisotopic (exact) mass is 469 g/mol. The third-order valence-corrected chi connectivity index (χ3v) is 5.92. The van der Waals surface area contributed by atoms with Crippen molar-refractivity contribution in [2.75, 3.05) is 5.32 Å². The first-order chi connectivity index (χ1) is 15.1. The van der Waals surface area contributed by atoms with Crippen LogP contribution in [0.25, 0.3) is 0 Å². The summed E-state index contributed by atoms with van der Waals surface area (Å²) in [6.45, 7) is 0.0666. The van der Waals surface area contributed by atoms with Gasteiger partial charge in [0.2, 0.25) is 0 Å². The third kappa shape index (κ3) is 5.41. The molecule has 0 aliphatic heterocycles. The summed E-state index contributed by atoms with van der Waals surface area (Å²) in [4.78, 5) is 14.8. The van der Waals surface area contributed by atoms with Gasteiger partial charge >= 0.3 is 0 Å². The van der Waals surface area contributed by atoms with E-state index in [4.69, 9.17) is 27.9 Å². The molecular weight excluding hydrogens is 453 g/mol. The molecule has 0 unspecified atom stereocenters. The number of nitrogens with zero attached hydrogens (tertiary/aromatic N) is 2. The number of carbonyl (C=O) groups is 1. The van der Waals surface area contributed by atoms with Crippen molar-refractivity contribution in [2.45, 2.75) is 16.5 Å². The summed E-state index contributed by atoms with van der Waals surface area (Å²) < 4.78 is 7.15. The molecule has 0 radical (unpaired) electrons. The first kappa shape index (κ1) is 21.3. The Bertz CT molecular complexity index is 1180. The molecule has 4 rings (SSSR count). The molecule has 31 heavy (non-hydrogen) atoms. The van der Waals surface area contributed by atoms with Gasteiger partial charge in [0.05, 0.1) is 15.7 Å². The minimum atomic E-state index is -0.310. The maximum absolute atomic E-state index is 12.7. The molecule has 0 atom stereocenters. The minimum Gasteiger partial charge on any atom is -0.468 e. The van der Waals surface area contributed by atoms with Crippen molar-refractivity contribution < 1.29 is 9.53 Å². The maximum Gasteiger partial charge on any atom is 0.276 e. The zero-order valence-corrected chi connectivity index (χ0v) is 18.5. The quantitative estimate of drug-likeness (QED) is 0.329. The Morgan fingerprint density at radius 2 is 1.65 bits per heavy atom. The average molecular weight is 470 g/mol. The second-order valence-corrected chi connectivity index (χ2v) is 8.36. The topological polar surface area (TPSA) is 56.2 Å². The summed E-state index contributed by atoms with van der Waals surface area (Å²) in [5.41, 5.74) is 0.989. The number of carbonyl (C=O) groups excluding carboxylic acids is 1. The molecule has 0 fully saturated rings. The van der Waals surface area contributed by atoms with Crippen LogP contribution in [0.1, 0.15) is 10.5 Å². The Labute approximate surface area is 193 Å². The number of para-hydroxylation sites is 2. The summed E-state index contributed by atoms with van der Waals surface area (Å²) in [5.74, 6) is 0.0647. The molecule has 0 spiro atoms. The Hall–Kier alpha value is -2.93. The van der Waals surface area contributed by atoms with Gasteiger partial charge in [-0.3, -0.25) is 4.79 Å². The lowest BCUT2D eigenvalue weighted by Crippen LogP contribution is -2.14. The molecule has 4 aromatic rings. The molecule has 5 nitrogen and oxygen atoms in total. The smallest absolute Gasteiger partial charge is 0.276 e. The minimum absolute atomic E-state index is 0.0666. The van der Waals surface area contributed by atoms with Crippen LogP contribution < -0.4 is 10.1 Å².